The molecule has 0 aliphatic carbocycles. The second kappa shape index (κ2) is 8.81. The minimum atomic E-state index is -0.571. The minimum absolute atomic E-state index is 0.191. The molecule has 0 amide bonds. The van der Waals surface area contributed by atoms with Crippen molar-refractivity contribution in [3.8, 4) is 5.75 Å². The van der Waals surface area contributed by atoms with E-state index in [4.69, 9.17) is 27.9 Å². The lowest BCUT2D eigenvalue weighted by molar-refractivity contribution is 0.106. The van der Waals surface area contributed by atoms with Gasteiger partial charge in [0.15, 0.2) is 0 Å². The van der Waals surface area contributed by atoms with Crippen LogP contribution in [0.25, 0.3) is 0 Å². The monoisotopic (exact) mass is 332 g/mol. The molecule has 2 rings (SSSR count). The van der Waals surface area contributed by atoms with Crippen LogP contribution in [0.1, 0.15) is 12.8 Å². The first kappa shape index (κ1) is 16.8. The Bertz CT molecular complexity index is 440. The second-order valence-electron chi connectivity index (χ2n) is 5.29. The predicted octanol–water partition coefficient (Wildman–Crippen LogP) is 2.42. The van der Waals surface area contributed by atoms with Gasteiger partial charge in [0, 0.05) is 30.7 Å². The zero-order valence-corrected chi connectivity index (χ0v) is 13.5. The van der Waals surface area contributed by atoms with Crippen LogP contribution >= 0.6 is 23.2 Å². The highest BCUT2D eigenvalue weighted by Crippen LogP contribution is 2.27. The number of aliphatic hydroxyl groups excluding tert-OH is 1. The van der Waals surface area contributed by atoms with Gasteiger partial charge in [-0.2, -0.15) is 0 Å². The van der Waals surface area contributed by atoms with Crippen molar-refractivity contribution in [2.75, 3.05) is 39.3 Å². The van der Waals surface area contributed by atoms with E-state index in [9.17, 15) is 5.11 Å². The van der Waals surface area contributed by atoms with Crippen molar-refractivity contribution in [2.24, 2.45) is 0 Å². The van der Waals surface area contributed by atoms with Gasteiger partial charge in [-0.1, -0.05) is 23.2 Å². The zero-order chi connectivity index (χ0) is 15.1. The molecule has 118 valence electrons. The van der Waals surface area contributed by atoms with Crippen molar-refractivity contribution in [3.05, 3.63) is 28.2 Å². The third kappa shape index (κ3) is 6.01. The summed E-state index contributed by atoms with van der Waals surface area (Å²) in [6.07, 6.45) is 2.03. The average Bonchev–Trinajstić information content (AvgIpc) is 2.98. The molecule has 1 unspecified atom stereocenters. The summed E-state index contributed by atoms with van der Waals surface area (Å²) in [7, 11) is 0. The average molecular weight is 333 g/mol. The molecule has 2 N–H and O–H groups in total. The van der Waals surface area contributed by atoms with Gasteiger partial charge in [-0.25, -0.2) is 0 Å². The van der Waals surface area contributed by atoms with E-state index in [0.29, 0.717) is 22.3 Å². The van der Waals surface area contributed by atoms with E-state index in [0.717, 1.165) is 13.1 Å². The smallest absolute Gasteiger partial charge is 0.139 e. The molecule has 1 aromatic rings. The third-order valence-corrected chi connectivity index (χ3v) is 4.06. The van der Waals surface area contributed by atoms with Gasteiger partial charge in [0.2, 0.25) is 0 Å². The van der Waals surface area contributed by atoms with Crippen LogP contribution in [0.15, 0.2) is 18.2 Å². The van der Waals surface area contributed by atoms with Gasteiger partial charge in [-0.3, -0.25) is 0 Å². The van der Waals surface area contributed by atoms with Gasteiger partial charge in [0.1, 0.15) is 18.5 Å². The first-order chi connectivity index (χ1) is 10.1. The fourth-order valence-electron chi connectivity index (χ4n) is 2.34. The van der Waals surface area contributed by atoms with E-state index in [1.54, 1.807) is 18.2 Å². The SMILES string of the molecule is OC(CNCCN1CCCC1)COc1cc(Cl)ccc1Cl. The van der Waals surface area contributed by atoms with E-state index >= 15 is 0 Å². The highest BCUT2D eigenvalue weighted by molar-refractivity contribution is 6.34. The maximum absolute atomic E-state index is 9.89. The highest BCUT2D eigenvalue weighted by Gasteiger charge is 2.11. The van der Waals surface area contributed by atoms with Crippen LogP contribution < -0.4 is 10.1 Å². The van der Waals surface area contributed by atoms with E-state index in [1.807, 2.05) is 0 Å². The Labute approximate surface area is 136 Å². The first-order valence-electron chi connectivity index (χ1n) is 7.34. The number of nitrogens with one attached hydrogen (secondary N) is 1. The maximum Gasteiger partial charge on any atom is 0.139 e. The summed E-state index contributed by atoms with van der Waals surface area (Å²) in [6, 6.07) is 5.03. The van der Waals surface area contributed by atoms with E-state index < -0.39 is 6.10 Å². The summed E-state index contributed by atoms with van der Waals surface area (Å²) in [6.45, 7) is 5.01. The zero-order valence-electron chi connectivity index (χ0n) is 12.0. The Kier molecular flexibility index (Phi) is 7.07. The summed E-state index contributed by atoms with van der Waals surface area (Å²) in [4.78, 5) is 2.43. The number of aliphatic hydroxyl groups is 1. The Morgan fingerprint density at radius 1 is 1.29 bits per heavy atom. The molecule has 0 bridgehead atoms. The summed E-state index contributed by atoms with van der Waals surface area (Å²) >= 11 is 11.9. The number of rotatable bonds is 8. The molecule has 0 aromatic heterocycles. The minimum Gasteiger partial charge on any atom is -0.489 e. The third-order valence-electron chi connectivity index (χ3n) is 3.51. The molecule has 1 aliphatic rings. The molecule has 1 aliphatic heterocycles. The molecule has 0 radical (unpaired) electrons. The highest BCUT2D eigenvalue weighted by atomic mass is 35.5. The summed E-state index contributed by atoms with van der Waals surface area (Å²) in [5.41, 5.74) is 0. The fraction of sp³-hybridized carbons (Fsp3) is 0.600. The van der Waals surface area contributed by atoms with Crippen molar-refractivity contribution in [1.29, 1.82) is 0 Å². The quantitative estimate of drug-likeness (QED) is 0.717. The molecular formula is C15H22Cl2N2O2. The number of hydrogen-bond acceptors (Lipinski definition) is 4. The van der Waals surface area contributed by atoms with Crippen LogP contribution in [0.2, 0.25) is 10.0 Å². The van der Waals surface area contributed by atoms with Crippen molar-refractivity contribution in [3.63, 3.8) is 0 Å². The largest absolute Gasteiger partial charge is 0.489 e. The van der Waals surface area contributed by atoms with Crippen molar-refractivity contribution >= 4 is 23.2 Å². The van der Waals surface area contributed by atoms with Crippen molar-refractivity contribution in [2.45, 2.75) is 18.9 Å². The fourth-order valence-corrected chi connectivity index (χ4v) is 2.68. The molecule has 1 aromatic carbocycles. The van der Waals surface area contributed by atoms with E-state index in [-0.39, 0.29) is 6.61 Å². The van der Waals surface area contributed by atoms with Gasteiger partial charge in [0.25, 0.3) is 0 Å². The number of nitrogens with zero attached hydrogens (tertiary/aromatic N) is 1. The molecule has 0 saturated carbocycles. The Hall–Kier alpha value is -0.520. The summed E-state index contributed by atoms with van der Waals surface area (Å²) < 4.78 is 5.49. The second-order valence-corrected chi connectivity index (χ2v) is 6.14. The van der Waals surface area contributed by atoms with Crippen LogP contribution in [0, 0.1) is 0 Å². The Balaban J connectivity index is 1.60. The van der Waals surface area contributed by atoms with E-state index in [2.05, 4.69) is 10.2 Å². The molecule has 1 saturated heterocycles. The maximum atomic E-state index is 9.89. The van der Waals surface area contributed by atoms with Gasteiger partial charge in [-0.15, -0.1) is 0 Å². The van der Waals surface area contributed by atoms with Crippen LogP contribution in [-0.2, 0) is 0 Å². The van der Waals surface area contributed by atoms with E-state index in [1.165, 1.54) is 25.9 Å². The van der Waals surface area contributed by atoms with Gasteiger partial charge >= 0.3 is 0 Å². The molecule has 1 heterocycles. The molecule has 1 fully saturated rings. The summed E-state index contributed by atoms with van der Waals surface area (Å²) in [5.74, 6) is 0.500. The molecule has 1 atom stereocenters. The Morgan fingerprint density at radius 3 is 2.81 bits per heavy atom. The summed E-state index contributed by atoms with van der Waals surface area (Å²) in [5, 5.41) is 14.2. The number of likely N-dealkylation sites (tertiary alicyclic amines) is 1. The Morgan fingerprint density at radius 2 is 2.05 bits per heavy atom. The topological polar surface area (TPSA) is 44.7 Å². The number of ether oxygens (including phenoxy) is 1. The number of benzene rings is 1. The first-order valence-corrected chi connectivity index (χ1v) is 8.10. The van der Waals surface area contributed by atoms with Crippen LogP contribution in [0.4, 0.5) is 0 Å². The number of hydrogen-bond donors (Lipinski definition) is 2. The van der Waals surface area contributed by atoms with Gasteiger partial charge in [-0.05, 0) is 38.1 Å². The van der Waals surface area contributed by atoms with Crippen molar-refractivity contribution in [1.82, 2.24) is 10.2 Å². The predicted molar refractivity (Wildman–Crippen MR) is 86.5 cm³/mol. The van der Waals surface area contributed by atoms with Crippen molar-refractivity contribution < 1.29 is 9.84 Å². The lowest BCUT2D eigenvalue weighted by Gasteiger charge is -2.17. The van der Waals surface area contributed by atoms with Crippen LogP contribution in [0.3, 0.4) is 0 Å². The molecule has 21 heavy (non-hydrogen) atoms. The molecular weight excluding hydrogens is 311 g/mol. The standard InChI is InChI=1S/C15H22Cl2N2O2/c16-12-3-4-14(17)15(9-12)21-11-13(20)10-18-5-8-19-6-1-2-7-19/h3-4,9,13,18,20H,1-2,5-8,10-11H2. The van der Waals surface area contributed by atoms with Gasteiger partial charge in [0.05, 0.1) is 5.02 Å². The lowest BCUT2D eigenvalue weighted by Crippen LogP contribution is -2.36. The molecule has 4 nitrogen and oxygen atoms in total. The molecule has 0 spiro atoms. The van der Waals surface area contributed by atoms with Crippen LogP contribution in [0.5, 0.6) is 5.75 Å². The number of halogens is 2. The van der Waals surface area contributed by atoms with Crippen LogP contribution in [-0.4, -0.2) is 55.4 Å². The molecule has 6 heteroatoms. The lowest BCUT2D eigenvalue weighted by atomic mass is 10.3. The van der Waals surface area contributed by atoms with Gasteiger partial charge < -0.3 is 20.1 Å². The normalized spacial score (nSPS) is 17.1.